The van der Waals surface area contributed by atoms with E-state index in [4.69, 9.17) is 4.42 Å². The average Bonchev–Trinajstić information content (AvgIpc) is 3.41. The molecule has 1 N–H and O–H groups in total. The van der Waals surface area contributed by atoms with E-state index in [2.05, 4.69) is 4.98 Å². The summed E-state index contributed by atoms with van der Waals surface area (Å²) in [6.07, 6.45) is 2.34. The van der Waals surface area contributed by atoms with Crippen LogP contribution in [0.3, 0.4) is 0 Å². The predicted molar refractivity (Wildman–Crippen MR) is 116 cm³/mol. The topological polar surface area (TPSA) is 128 Å². The number of aromatic nitrogens is 2. The number of carboxylic acid groups (broad SMARTS) is 1. The molecule has 0 fully saturated rings. The average molecular weight is 429 g/mol. The Morgan fingerprint density at radius 3 is 2.81 bits per heavy atom. The Morgan fingerprint density at radius 2 is 2.03 bits per heavy atom. The van der Waals surface area contributed by atoms with Crippen LogP contribution in [0.15, 0.2) is 63.8 Å². The molecular formula is C23H15N3O6. The fraction of sp³-hybridized carbons (Fsp3) is 0.0870. The highest BCUT2D eigenvalue weighted by atomic mass is 16.6. The van der Waals surface area contributed by atoms with Crippen molar-refractivity contribution in [2.24, 2.45) is 0 Å². The van der Waals surface area contributed by atoms with E-state index in [1.807, 2.05) is 0 Å². The number of carbonyl (C=O) groups is 1. The summed E-state index contributed by atoms with van der Waals surface area (Å²) in [5.74, 6) is 0.379. The maximum atomic E-state index is 12.8. The van der Waals surface area contributed by atoms with Gasteiger partial charge in [-0.05, 0) is 42.8 Å². The predicted octanol–water partition coefficient (Wildman–Crippen LogP) is 4.21. The molecular weight excluding hydrogens is 414 g/mol. The Labute approximate surface area is 180 Å². The third kappa shape index (κ3) is 3.25. The highest BCUT2D eigenvalue weighted by molar-refractivity contribution is 5.93. The largest absolute Gasteiger partial charge is 0.478 e. The molecule has 4 aromatic rings. The summed E-state index contributed by atoms with van der Waals surface area (Å²) < 4.78 is 7.43. The van der Waals surface area contributed by atoms with E-state index in [-0.39, 0.29) is 16.8 Å². The van der Waals surface area contributed by atoms with Gasteiger partial charge in [0.2, 0.25) is 0 Å². The number of hydrogen-bond donors (Lipinski definition) is 1. The van der Waals surface area contributed by atoms with Crippen LogP contribution in [0.25, 0.3) is 33.9 Å². The maximum absolute atomic E-state index is 12.8. The number of furan rings is 1. The van der Waals surface area contributed by atoms with E-state index >= 15 is 0 Å². The molecule has 5 rings (SSSR count). The Kier molecular flexibility index (Phi) is 4.44. The number of non-ortho nitro benzene ring substituents is 1. The molecule has 3 heterocycles. The monoisotopic (exact) mass is 429 g/mol. The van der Waals surface area contributed by atoms with Crippen LogP contribution in [0.5, 0.6) is 0 Å². The van der Waals surface area contributed by atoms with Crippen molar-refractivity contribution in [2.45, 2.75) is 13.0 Å². The smallest absolute Gasteiger partial charge is 0.335 e. The van der Waals surface area contributed by atoms with Crippen LogP contribution in [0, 0.1) is 10.1 Å². The number of hydrogen-bond acceptors (Lipinski definition) is 6. The first-order chi connectivity index (χ1) is 15.4. The lowest BCUT2D eigenvalue weighted by molar-refractivity contribution is -0.384. The highest BCUT2D eigenvalue weighted by Gasteiger charge is 2.22. The van der Waals surface area contributed by atoms with Crippen LogP contribution in [-0.2, 0) is 6.54 Å². The van der Waals surface area contributed by atoms with Crippen LogP contribution >= 0.6 is 0 Å². The number of benzene rings is 2. The Balaban J connectivity index is 1.54. The van der Waals surface area contributed by atoms with Crippen molar-refractivity contribution in [3.8, 4) is 11.3 Å². The van der Waals surface area contributed by atoms with Crippen LogP contribution < -0.4 is 5.56 Å². The fourth-order valence-electron chi connectivity index (χ4n) is 3.82. The summed E-state index contributed by atoms with van der Waals surface area (Å²) in [5, 5.41) is 20.6. The van der Waals surface area contributed by atoms with Gasteiger partial charge in [0.15, 0.2) is 0 Å². The molecule has 0 radical (unpaired) electrons. The first kappa shape index (κ1) is 19.4. The molecule has 0 saturated heterocycles. The van der Waals surface area contributed by atoms with Crippen molar-refractivity contribution >= 4 is 34.2 Å². The molecule has 0 aliphatic carbocycles. The van der Waals surface area contributed by atoms with Gasteiger partial charge >= 0.3 is 5.97 Å². The Morgan fingerprint density at radius 1 is 1.19 bits per heavy atom. The van der Waals surface area contributed by atoms with Crippen LogP contribution in [-0.4, -0.2) is 25.6 Å². The Hall–Kier alpha value is -4.53. The minimum absolute atomic E-state index is 0.0280. The minimum Gasteiger partial charge on any atom is -0.478 e. The van der Waals surface area contributed by atoms with E-state index in [1.165, 1.54) is 30.3 Å². The molecule has 9 heteroatoms. The van der Waals surface area contributed by atoms with Crippen molar-refractivity contribution < 1.29 is 19.2 Å². The summed E-state index contributed by atoms with van der Waals surface area (Å²) in [6, 6.07) is 13.9. The number of nitrogens with zero attached hydrogens (tertiary/aromatic N) is 3. The number of nitro groups is 1. The van der Waals surface area contributed by atoms with E-state index in [0.717, 1.165) is 5.57 Å². The summed E-state index contributed by atoms with van der Waals surface area (Å²) >= 11 is 0. The first-order valence-corrected chi connectivity index (χ1v) is 9.74. The van der Waals surface area contributed by atoms with E-state index in [9.17, 15) is 24.8 Å². The minimum atomic E-state index is -1.09. The van der Waals surface area contributed by atoms with Gasteiger partial charge in [0, 0.05) is 29.8 Å². The first-order valence-electron chi connectivity index (χ1n) is 9.74. The molecule has 2 aromatic carbocycles. The SMILES string of the molecule is O=C(O)c1ccc2c(=O)n3c(nc2c1)/C(=C\c1ccc(-c2cccc([N+](=O)[O-])c2)o1)CC3. The van der Waals surface area contributed by atoms with Crippen molar-refractivity contribution in [1.29, 1.82) is 0 Å². The fourth-order valence-corrected chi connectivity index (χ4v) is 3.82. The number of aromatic carboxylic acids is 1. The molecule has 0 unspecified atom stereocenters. The van der Waals surface area contributed by atoms with E-state index in [0.29, 0.717) is 46.8 Å². The molecule has 1 aliphatic heterocycles. The van der Waals surface area contributed by atoms with Gasteiger partial charge in [-0.1, -0.05) is 12.1 Å². The molecule has 0 saturated carbocycles. The molecule has 158 valence electrons. The number of fused-ring (bicyclic) bond motifs is 2. The molecule has 0 atom stereocenters. The molecule has 32 heavy (non-hydrogen) atoms. The van der Waals surface area contributed by atoms with Crippen molar-refractivity contribution in [2.75, 3.05) is 0 Å². The van der Waals surface area contributed by atoms with Crippen molar-refractivity contribution in [1.82, 2.24) is 9.55 Å². The third-order valence-corrected chi connectivity index (χ3v) is 5.38. The lowest BCUT2D eigenvalue weighted by atomic mass is 10.1. The second kappa shape index (κ2) is 7.31. The normalized spacial score (nSPS) is 14.1. The summed E-state index contributed by atoms with van der Waals surface area (Å²) in [7, 11) is 0. The van der Waals surface area contributed by atoms with Gasteiger partial charge in [-0.25, -0.2) is 9.78 Å². The highest BCUT2D eigenvalue weighted by Crippen LogP contribution is 2.31. The summed E-state index contributed by atoms with van der Waals surface area (Å²) in [4.78, 5) is 39.2. The van der Waals surface area contributed by atoms with Crippen molar-refractivity contribution in [3.05, 3.63) is 92.2 Å². The number of rotatable bonds is 4. The van der Waals surface area contributed by atoms with Gasteiger partial charge < -0.3 is 9.52 Å². The molecule has 0 spiro atoms. The van der Waals surface area contributed by atoms with Gasteiger partial charge in [-0.3, -0.25) is 19.5 Å². The molecule has 9 nitrogen and oxygen atoms in total. The Bertz CT molecular complexity index is 1510. The van der Waals surface area contributed by atoms with Crippen molar-refractivity contribution in [3.63, 3.8) is 0 Å². The molecule has 0 bridgehead atoms. The zero-order chi connectivity index (χ0) is 22.4. The summed E-state index contributed by atoms with van der Waals surface area (Å²) in [5.41, 5.74) is 1.50. The van der Waals surface area contributed by atoms with Gasteiger partial charge in [0.1, 0.15) is 17.3 Å². The quantitative estimate of drug-likeness (QED) is 0.380. The van der Waals surface area contributed by atoms with Crippen LogP contribution in [0.4, 0.5) is 5.69 Å². The molecule has 0 amide bonds. The van der Waals surface area contributed by atoms with E-state index in [1.54, 1.807) is 34.9 Å². The molecule has 1 aliphatic rings. The third-order valence-electron chi connectivity index (χ3n) is 5.38. The zero-order valence-corrected chi connectivity index (χ0v) is 16.5. The zero-order valence-electron chi connectivity index (χ0n) is 16.5. The lowest BCUT2D eigenvalue weighted by Crippen LogP contribution is -2.20. The number of nitro benzene ring substituents is 1. The van der Waals surface area contributed by atoms with Crippen LogP contribution in [0.2, 0.25) is 0 Å². The van der Waals surface area contributed by atoms with Crippen LogP contribution in [0.1, 0.15) is 28.4 Å². The van der Waals surface area contributed by atoms with E-state index < -0.39 is 10.9 Å². The number of allylic oxidation sites excluding steroid dienone is 1. The standard InChI is InChI=1S/C23H15N3O6/c27-22-18-6-4-15(23(28)29)12-19(18)24-21-14(8-9-25(21)22)11-17-5-7-20(32-17)13-2-1-3-16(10-13)26(30)31/h1-7,10-12H,8-9H2,(H,28,29)/b14-11-. The lowest BCUT2D eigenvalue weighted by Gasteiger charge is -2.06. The van der Waals surface area contributed by atoms with Gasteiger partial charge in [0.05, 0.1) is 21.4 Å². The van der Waals surface area contributed by atoms with Gasteiger partial charge in [-0.2, -0.15) is 0 Å². The molecule has 2 aromatic heterocycles. The number of carboxylic acids is 1. The second-order valence-electron chi connectivity index (χ2n) is 7.36. The second-order valence-corrected chi connectivity index (χ2v) is 7.36. The van der Waals surface area contributed by atoms with Gasteiger partial charge in [-0.15, -0.1) is 0 Å². The van der Waals surface area contributed by atoms with Gasteiger partial charge in [0.25, 0.3) is 11.2 Å². The maximum Gasteiger partial charge on any atom is 0.335 e. The summed E-state index contributed by atoms with van der Waals surface area (Å²) in [6.45, 7) is 0.460.